The Morgan fingerprint density at radius 1 is 1.09 bits per heavy atom. The highest BCUT2D eigenvalue weighted by atomic mass is 16.5. The van der Waals surface area contributed by atoms with Gasteiger partial charge in [-0.1, -0.05) is 32.9 Å². The van der Waals surface area contributed by atoms with Crippen molar-refractivity contribution in [2.75, 3.05) is 26.2 Å². The van der Waals surface area contributed by atoms with Crippen LogP contribution in [0.15, 0.2) is 24.3 Å². The molecule has 1 aromatic rings. The molecular formula is C27H37N3O5. The van der Waals surface area contributed by atoms with Crippen LogP contribution in [0.25, 0.3) is 0 Å². The second-order valence-electron chi connectivity index (χ2n) is 11.7. The number of aliphatic hydroxyl groups is 1. The van der Waals surface area contributed by atoms with Crippen LogP contribution >= 0.6 is 0 Å². The number of nitrogens with one attached hydrogen (secondary N) is 1. The van der Waals surface area contributed by atoms with Gasteiger partial charge < -0.3 is 25.0 Å². The van der Waals surface area contributed by atoms with E-state index >= 15 is 0 Å². The molecule has 2 amide bonds. The fraction of sp³-hybridized carbons (Fsp3) is 0.667. The summed E-state index contributed by atoms with van der Waals surface area (Å²) < 4.78 is 5.40. The lowest BCUT2D eigenvalue weighted by molar-refractivity contribution is -0.140. The first kappa shape index (κ1) is 24.4. The van der Waals surface area contributed by atoms with Crippen molar-refractivity contribution >= 4 is 17.6 Å². The van der Waals surface area contributed by atoms with Gasteiger partial charge in [-0.15, -0.1) is 0 Å². The number of aliphatic hydroxyl groups excluding tert-OH is 1. The van der Waals surface area contributed by atoms with E-state index < -0.39 is 29.7 Å². The lowest BCUT2D eigenvalue weighted by atomic mass is 9.85. The summed E-state index contributed by atoms with van der Waals surface area (Å²) in [5, 5.41) is 13.2. The zero-order valence-electron chi connectivity index (χ0n) is 20.9. The summed E-state index contributed by atoms with van der Waals surface area (Å²) in [6.45, 7) is 7.85. The Morgan fingerprint density at radius 3 is 2.34 bits per heavy atom. The van der Waals surface area contributed by atoms with Crippen LogP contribution in [-0.2, 0) is 14.3 Å². The molecule has 2 N–H and O–H groups in total. The molecule has 0 spiro atoms. The standard InChI is InChI=1S/C27H37N3O5/c1-27(2,3)24(26(34)30-14-20(31)23-22(30)21(32)15-35-23)28-25(33)18-6-4-16(5-7-18)17-10-12-29(13-11-17)19-8-9-19/h4-7,17,19-20,22-24,31H,8-15H2,1-3H3,(H,28,33)/t20-,22-,23-,24?/m1/s1. The van der Waals surface area contributed by atoms with Crippen molar-refractivity contribution in [2.45, 2.75) is 82.7 Å². The van der Waals surface area contributed by atoms with E-state index in [0.29, 0.717) is 11.5 Å². The van der Waals surface area contributed by atoms with Crippen molar-refractivity contribution in [3.05, 3.63) is 35.4 Å². The number of rotatable bonds is 5. The molecule has 1 aliphatic carbocycles. The lowest BCUT2D eigenvalue weighted by Gasteiger charge is -2.35. The Balaban J connectivity index is 1.25. The number of nitrogens with zero attached hydrogens (tertiary/aromatic N) is 2. The molecule has 8 nitrogen and oxygen atoms in total. The number of carbonyl (C=O) groups is 3. The van der Waals surface area contributed by atoms with Crippen molar-refractivity contribution in [3.8, 4) is 0 Å². The number of amides is 2. The maximum atomic E-state index is 13.5. The number of ether oxygens (including phenoxy) is 1. The number of piperidine rings is 1. The third kappa shape index (κ3) is 4.88. The number of β-amino-alcohol motifs (C(OH)–C–C–N with tert-alkyl or cyclic N) is 1. The van der Waals surface area contributed by atoms with Crippen LogP contribution in [0, 0.1) is 5.41 Å². The quantitative estimate of drug-likeness (QED) is 0.662. The van der Waals surface area contributed by atoms with Crippen molar-refractivity contribution in [1.29, 1.82) is 0 Å². The van der Waals surface area contributed by atoms with E-state index in [-0.39, 0.29) is 30.7 Å². The maximum Gasteiger partial charge on any atom is 0.251 e. The Morgan fingerprint density at radius 2 is 1.74 bits per heavy atom. The van der Waals surface area contributed by atoms with Crippen LogP contribution in [0.3, 0.4) is 0 Å². The Kier molecular flexibility index (Phi) is 6.48. The Labute approximate surface area is 207 Å². The molecule has 190 valence electrons. The third-order valence-corrected chi connectivity index (χ3v) is 8.07. The van der Waals surface area contributed by atoms with Crippen LogP contribution in [0.2, 0.25) is 0 Å². The van der Waals surface area contributed by atoms with Crippen molar-refractivity contribution < 1.29 is 24.2 Å². The maximum absolute atomic E-state index is 13.5. The topological polar surface area (TPSA) is 99.2 Å². The number of fused-ring (bicyclic) bond motifs is 1. The van der Waals surface area contributed by atoms with E-state index in [4.69, 9.17) is 4.74 Å². The molecule has 0 radical (unpaired) electrons. The molecule has 5 rings (SSSR count). The van der Waals surface area contributed by atoms with E-state index in [2.05, 4.69) is 10.2 Å². The van der Waals surface area contributed by atoms with Gasteiger partial charge in [0.1, 0.15) is 30.9 Å². The van der Waals surface area contributed by atoms with Crippen molar-refractivity contribution in [1.82, 2.24) is 15.1 Å². The minimum absolute atomic E-state index is 0.0244. The summed E-state index contributed by atoms with van der Waals surface area (Å²) >= 11 is 0. The number of likely N-dealkylation sites (tertiary alicyclic amines) is 2. The van der Waals surface area contributed by atoms with Gasteiger partial charge in [0.25, 0.3) is 5.91 Å². The van der Waals surface area contributed by atoms with Crippen LogP contribution < -0.4 is 5.32 Å². The molecule has 1 aromatic carbocycles. The highest BCUT2D eigenvalue weighted by Gasteiger charge is 2.53. The number of hydrogen-bond acceptors (Lipinski definition) is 6. The SMILES string of the molecule is CC(C)(C)C(NC(=O)c1ccc(C2CCN(C3CC3)CC2)cc1)C(=O)N1C[C@@H](O)[C@H]2OCC(=O)[C@H]21. The molecule has 8 heteroatoms. The van der Waals surface area contributed by atoms with E-state index in [1.807, 2.05) is 45.0 Å². The van der Waals surface area contributed by atoms with Gasteiger partial charge in [0.15, 0.2) is 5.78 Å². The minimum atomic E-state index is -0.907. The molecule has 3 aliphatic heterocycles. The van der Waals surface area contributed by atoms with Crippen LogP contribution in [-0.4, -0.2) is 89.1 Å². The summed E-state index contributed by atoms with van der Waals surface area (Å²) in [5.74, 6) is -0.377. The summed E-state index contributed by atoms with van der Waals surface area (Å²) in [5.41, 5.74) is 1.18. The predicted molar refractivity (Wildman–Crippen MR) is 130 cm³/mol. The molecule has 1 unspecified atom stereocenters. The second-order valence-corrected chi connectivity index (χ2v) is 11.7. The smallest absolute Gasteiger partial charge is 0.251 e. The number of carbonyl (C=O) groups excluding carboxylic acids is 3. The monoisotopic (exact) mass is 483 g/mol. The highest BCUT2D eigenvalue weighted by Crippen LogP contribution is 2.35. The van der Waals surface area contributed by atoms with E-state index in [0.717, 1.165) is 32.0 Å². The molecule has 3 saturated heterocycles. The fourth-order valence-electron chi connectivity index (χ4n) is 5.83. The van der Waals surface area contributed by atoms with Gasteiger partial charge >= 0.3 is 0 Å². The lowest BCUT2D eigenvalue weighted by Crippen LogP contribution is -2.57. The summed E-state index contributed by atoms with van der Waals surface area (Å²) in [4.78, 5) is 43.0. The number of Topliss-reactive ketones (excluding diaryl/α,β-unsaturated/α-hetero) is 1. The summed E-state index contributed by atoms with van der Waals surface area (Å²) in [7, 11) is 0. The van der Waals surface area contributed by atoms with E-state index in [9.17, 15) is 19.5 Å². The Hall–Kier alpha value is -2.29. The first-order chi connectivity index (χ1) is 16.6. The van der Waals surface area contributed by atoms with Crippen LogP contribution in [0.5, 0.6) is 0 Å². The van der Waals surface area contributed by atoms with E-state index in [1.165, 1.54) is 23.3 Å². The zero-order valence-corrected chi connectivity index (χ0v) is 20.9. The minimum Gasteiger partial charge on any atom is -0.388 e. The van der Waals surface area contributed by atoms with Gasteiger partial charge in [0.05, 0.1) is 6.54 Å². The van der Waals surface area contributed by atoms with Crippen LogP contribution in [0.4, 0.5) is 0 Å². The normalized spacial score (nSPS) is 28.7. The first-order valence-electron chi connectivity index (χ1n) is 12.9. The molecule has 4 fully saturated rings. The molecule has 35 heavy (non-hydrogen) atoms. The molecule has 4 atom stereocenters. The fourth-order valence-corrected chi connectivity index (χ4v) is 5.83. The van der Waals surface area contributed by atoms with Gasteiger partial charge in [0.2, 0.25) is 5.91 Å². The molecule has 0 aromatic heterocycles. The number of ketones is 1. The predicted octanol–water partition coefficient (Wildman–Crippen LogP) is 1.71. The average Bonchev–Trinajstić information content (AvgIpc) is 3.54. The molecule has 0 bridgehead atoms. The van der Waals surface area contributed by atoms with Gasteiger partial charge in [-0.25, -0.2) is 0 Å². The van der Waals surface area contributed by atoms with Gasteiger partial charge in [0, 0.05) is 11.6 Å². The van der Waals surface area contributed by atoms with Crippen molar-refractivity contribution in [2.24, 2.45) is 5.41 Å². The third-order valence-electron chi connectivity index (χ3n) is 8.07. The highest BCUT2D eigenvalue weighted by molar-refractivity contribution is 5.99. The van der Waals surface area contributed by atoms with Crippen molar-refractivity contribution in [3.63, 3.8) is 0 Å². The number of benzene rings is 1. The summed E-state index contributed by atoms with van der Waals surface area (Å²) in [6, 6.07) is 6.94. The molecule has 1 saturated carbocycles. The Bertz CT molecular complexity index is 976. The zero-order chi connectivity index (χ0) is 24.9. The molecular weight excluding hydrogens is 446 g/mol. The molecule has 3 heterocycles. The number of hydrogen-bond donors (Lipinski definition) is 2. The first-order valence-corrected chi connectivity index (χ1v) is 12.9. The summed E-state index contributed by atoms with van der Waals surface area (Å²) in [6.07, 6.45) is 3.39. The largest absolute Gasteiger partial charge is 0.388 e. The molecule has 4 aliphatic rings. The van der Waals surface area contributed by atoms with Gasteiger partial charge in [-0.2, -0.15) is 0 Å². The van der Waals surface area contributed by atoms with E-state index in [1.54, 1.807) is 0 Å². The second kappa shape index (κ2) is 9.30. The van der Waals surface area contributed by atoms with Crippen LogP contribution in [0.1, 0.15) is 68.3 Å². The van der Waals surface area contributed by atoms with Gasteiger partial charge in [-0.3, -0.25) is 14.4 Å². The van der Waals surface area contributed by atoms with Gasteiger partial charge in [-0.05, 0) is 67.8 Å². The average molecular weight is 484 g/mol.